The second kappa shape index (κ2) is 4.79. The van der Waals surface area contributed by atoms with Crippen molar-refractivity contribution in [2.45, 2.75) is 19.8 Å². The maximum absolute atomic E-state index is 10.0. The maximum atomic E-state index is 10.0. The molecule has 56 valence electrons. The molecule has 2 heteroatoms. The molecule has 0 heterocycles. The molecule has 0 aromatic heterocycles. The van der Waals surface area contributed by atoms with Crippen LogP contribution in [-0.2, 0) is 4.79 Å². The fraction of sp³-hybridized carbons (Fsp3) is 0.375. The normalized spacial score (nSPS) is 11.1. The second-order valence-corrected chi connectivity index (χ2v) is 2.14. The zero-order valence-corrected chi connectivity index (χ0v) is 6.13. The Bertz CT molecular complexity index is 157. The van der Waals surface area contributed by atoms with Gasteiger partial charge in [-0.25, -0.2) is 0 Å². The van der Waals surface area contributed by atoms with Gasteiger partial charge < -0.3 is 5.11 Å². The highest BCUT2D eigenvalue weighted by atomic mass is 16.4. The Labute approximate surface area is 60.9 Å². The van der Waals surface area contributed by atoms with Crippen molar-refractivity contribution in [1.29, 1.82) is 0 Å². The Kier molecular flexibility index (Phi) is 4.29. The van der Waals surface area contributed by atoms with Gasteiger partial charge >= 0.3 is 5.97 Å². The summed E-state index contributed by atoms with van der Waals surface area (Å²) in [6, 6.07) is 0. The van der Waals surface area contributed by atoms with Gasteiger partial charge in [-0.1, -0.05) is 17.7 Å². The van der Waals surface area contributed by atoms with E-state index in [0.29, 0.717) is 0 Å². The van der Waals surface area contributed by atoms with E-state index in [2.05, 4.69) is 6.58 Å². The van der Waals surface area contributed by atoms with Gasteiger partial charge in [-0.15, -0.1) is 6.58 Å². The highest BCUT2D eigenvalue weighted by Gasteiger charge is 1.91. The Morgan fingerprint density at radius 1 is 1.60 bits per heavy atom. The van der Waals surface area contributed by atoms with E-state index in [1.807, 2.05) is 6.92 Å². The molecule has 0 saturated heterocycles. The quantitative estimate of drug-likeness (QED) is 0.606. The van der Waals surface area contributed by atoms with Gasteiger partial charge in [-0.05, 0) is 13.3 Å². The molecule has 10 heavy (non-hydrogen) atoms. The summed E-state index contributed by atoms with van der Waals surface area (Å²) in [5.74, 6) is -0.789. The molecule has 0 amide bonds. The SMILES string of the molecule is C=CC/C(C)=C\CC(=O)O. The van der Waals surface area contributed by atoms with Gasteiger partial charge in [0.1, 0.15) is 0 Å². The largest absolute Gasteiger partial charge is 0.481 e. The van der Waals surface area contributed by atoms with Gasteiger partial charge in [0.2, 0.25) is 0 Å². The average Bonchev–Trinajstić information content (AvgIpc) is 1.85. The molecule has 0 aliphatic carbocycles. The van der Waals surface area contributed by atoms with Crippen LogP contribution in [0, 0.1) is 0 Å². The lowest BCUT2D eigenvalue weighted by atomic mass is 10.2. The molecule has 0 saturated carbocycles. The lowest BCUT2D eigenvalue weighted by molar-refractivity contribution is -0.136. The van der Waals surface area contributed by atoms with Crippen molar-refractivity contribution < 1.29 is 9.90 Å². The number of carboxylic acids is 1. The molecule has 0 aromatic rings. The predicted octanol–water partition coefficient (Wildman–Crippen LogP) is 1.98. The van der Waals surface area contributed by atoms with Gasteiger partial charge in [0.05, 0.1) is 6.42 Å². The first-order valence-electron chi connectivity index (χ1n) is 3.15. The van der Waals surface area contributed by atoms with Crippen LogP contribution in [0.3, 0.4) is 0 Å². The van der Waals surface area contributed by atoms with Crippen LogP contribution in [0.4, 0.5) is 0 Å². The molecule has 1 N–H and O–H groups in total. The lowest BCUT2D eigenvalue weighted by Crippen LogP contribution is -1.90. The molecule has 0 aliphatic rings. The molecule has 0 fully saturated rings. The first kappa shape index (κ1) is 8.95. The van der Waals surface area contributed by atoms with Gasteiger partial charge in [0.25, 0.3) is 0 Å². The zero-order chi connectivity index (χ0) is 7.98. The maximum Gasteiger partial charge on any atom is 0.307 e. The molecular weight excluding hydrogens is 128 g/mol. The predicted molar refractivity (Wildman–Crippen MR) is 40.8 cm³/mol. The summed E-state index contributed by atoms with van der Waals surface area (Å²) >= 11 is 0. The van der Waals surface area contributed by atoms with E-state index < -0.39 is 5.97 Å². The smallest absolute Gasteiger partial charge is 0.307 e. The first-order valence-corrected chi connectivity index (χ1v) is 3.15. The minimum Gasteiger partial charge on any atom is -0.481 e. The van der Waals surface area contributed by atoms with Crippen molar-refractivity contribution in [2.24, 2.45) is 0 Å². The summed E-state index contributed by atoms with van der Waals surface area (Å²) in [5.41, 5.74) is 1.05. The molecule has 2 nitrogen and oxygen atoms in total. The highest BCUT2D eigenvalue weighted by molar-refractivity contribution is 5.68. The number of carbonyl (C=O) groups is 1. The van der Waals surface area contributed by atoms with Crippen LogP contribution in [0.5, 0.6) is 0 Å². The van der Waals surface area contributed by atoms with Crippen molar-refractivity contribution in [3.05, 3.63) is 24.3 Å². The number of aliphatic carboxylic acids is 1. The van der Waals surface area contributed by atoms with Crippen LogP contribution in [-0.4, -0.2) is 11.1 Å². The number of rotatable bonds is 4. The van der Waals surface area contributed by atoms with E-state index in [0.717, 1.165) is 12.0 Å². The summed E-state index contributed by atoms with van der Waals surface area (Å²) in [7, 11) is 0. The van der Waals surface area contributed by atoms with E-state index >= 15 is 0 Å². The third-order valence-corrected chi connectivity index (χ3v) is 1.09. The van der Waals surface area contributed by atoms with Crippen LogP contribution in [0.2, 0.25) is 0 Å². The van der Waals surface area contributed by atoms with E-state index in [1.54, 1.807) is 12.2 Å². The van der Waals surface area contributed by atoms with E-state index in [4.69, 9.17) is 5.11 Å². The van der Waals surface area contributed by atoms with E-state index in [-0.39, 0.29) is 6.42 Å². The van der Waals surface area contributed by atoms with E-state index in [1.165, 1.54) is 0 Å². The lowest BCUT2D eigenvalue weighted by Gasteiger charge is -1.91. The second-order valence-electron chi connectivity index (χ2n) is 2.14. The van der Waals surface area contributed by atoms with Gasteiger partial charge in [-0.3, -0.25) is 4.79 Å². The number of hydrogen-bond donors (Lipinski definition) is 1. The van der Waals surface area contributed by atoms with E-state index in [9.17, 15) is 4.79 Å². The molecular formula is C8H12O2. The third-order valence-electron chi connectivity index (χ3n) is 1.09. The molecule has 0 aliphatic heterocycles. The molecule has 0 radical (unpaired) electrons. The Morgan fingerprint density at radius 3 is 2.60 bits per heavy atom. The zero-order valence-electron chi connectivity index (χ0n) is 6.13. The molecule has 0 rings (SSSR count). The molecule has 0 spiro atoms. The summed E-state index contributed by atoms with van der Waals surface area (Å²) in [6.07, 6.45) is 4.34. The van der Waals surface area contributed by atoms with Crippen molar-refractivity contribution in [3.8, 4) is 0 Å². The van der Waals surface area contributed by atoms with Crippen LogP contribution in [0.15, 0.2) is 24.3 Å². The fourth-order valence-corrected chi connectivity index (χ4v) is 0.573. The van der Waals surface area contributed by atoms with Crippen molar-refractivity contribution in [2.75, 3.05) is 0 Å². The summed E-state index contributed by atoms with van der Waals surface area (Å²) < 4.78 is 0. The fourth-order valence-electron chi connectivity index (χ4n) is 0.573. The minimum atomic E-state index is -0.789. The van der Waals surface area contributed by atoms with Crippen LogP contribution < -0.4 is 0 Å². The summed E-state index contributed by atoms with van der Waals surface area (Å²) in [5, 5.41) is 8.26. The first-order chi connectivity index (χ1) is 4.66. The van der Waals surface area contributed by atoms with Gasteiger partial charge in [0.15, 0.2) is 0 Å². The number of hydrogen-bond acceptors (Lipinski definition) is 1. The molecule has 0 bridgehead atoms. The standard InChI is InChI=1S/C8H12O2/c1-3-4-7(2)5-6-8(9)10/h3,5H,1,4,6H2,2H3,(H,9,10)/b7-5-. The van der Waals surface area contributed by atoms with Crippen LogP contribution in [0.25, 0.3) is 0 Å². The Hall–Kier alpha value is -1.05. The average molecular weight is 140 g/mol. The topological polar surface area (TPSA) is 37.3 Å². The van der Waals surface area contributed by atoms with Crippen molar-refractivity contribution in [3.63, 3.8) is 0 Å². The Morgan fingerprint density at radius 2 is 2.20 bits per heavy atom. The van der Waals surface area contributed by atoms with Gasteiger partial charge in [-0.2, -0.15) is 0 Å². The number of allylic oxidation sites excluding steroid dienone is 2. The molecule has 0 unspecified atom stereocenters. The van der Waals surface area contributed by atoms with Crippen LogP contribution in [0.1, 0.15) is 19.8 Å². The van der Waals surface area contributed by atoms with Crippen molar-refractivity contribution in [1.82, 2.24) is 0 Å². The molecule has 0 aromatic carbocycles. The highest BCUT2D eigenvalue weighted by Crippen LogP contribution is 2.00. The minimum absolute atomic E-state index is 0.111. The monoisotopic (exact) mass is 140 g/mol. The third kappa shape index (κ3) is 5.09. The summed E-state index contributed by atoms with van der Waals surface area (Å²) in [4.78, 5) is 10.0. The Balaban J connectivity index is 3.67. The molecule has 0 atom stereocenters. The van der Waals surface area contributed by atoms with Gasteiger partial charge in [0, 0.05) is 0 Å². The van der Waals surface area contributed by atoms with Crippen LogP contribution >= 0.6 is 0 Å². The van der Waals surface area contributed by atoms with Crippen molar-refractivity contribution >= 4 is 5.97 Å². The number of carboxylic acid groups (broad SMARTS) is 1. The summed E-state index contributed by atoms with van der Waals surface area (Å²) in [6.45, 7) is 5.43.